The van der Waals surface area contributed by atoms with Crippen molar-refractivity contribution in [3.63, 3.8) is 0 Å². The van der Waals surface area contributed by atoms with E-state index in [0.29, 0.717) is 38.4 Å². The van der Waals surface area contributed by atoms with Crippen LogP contribution < -0.4 is 10.2 Å². The van der Waals surface area contributed by atoms with Crippen molar-refractivity contribution < 1.29 is 14.0 Å². The summed E-state index contributed by atoms with van der Waals surface area (Å²) in [5, 5.41) is 2.82. The molecule has 0 aromatic heterocycles. The van der Waals surface area contributed by atoms with Crippen LogP contribution >= 0.6 is 11.8 Å². The van der Waals surface area contributed by atoms with Gasteiger partial charge < -0.3 is 15.1 Å². The lowest BCUT2D eigenvalue weighted by Gasteiger charge is -2.37. The molecule has 1 atom stereocenters. The Labute approximate surface area is 139 Å². The monoisotopic (exact) mass is 337 g/mol. The summed E-state index contributed by atoms with van der Waals surface area (Å²) in [6.45, 7) is 2.66. The van der Waals surface area contributed by atoms with Gasteiger partial charge >= 0.3 is 0 Å². The molecule has 5 nitrogen and oxygen atoms in total. The topological polar surface area (TPSA) is 52.7 Å². The standard InChI is InChI=1S/C16H20FN3O2S/c17-12-1-3-13(4-2-12)19-6-8-20(9-7-19)16(22)14-11-23-10-5-15(21)18-14/h1-4,14H,5-11H2,(H,18,21)/t14-/m0/s1. The van der Waals surface area contributed by atoms with Gasteiger partial charge in [-0.05, 0) is 24.3 Å². The van der Waals surface area contributed by atoms with Gasteiger partial charge in [-0.3, -0.25) is 9.59 Å². The van der Waals surface area contributed by atoms with Gasteiger partial charge in [-0.1, -0.05) is 0 Å². The molecule has 7 heteroatoms. The van der Waals surface area contributed by atoms with E-state index in [1.807, 2.05) is 4.90 Å². The van der Waals surface area contributed by atoms with Crippen LogP contribution in [0, 0.1) is 5.82 Å². The molecule has 1 N–H and O–H groups in total. The Balaban J connectivity index is 1.56. The number of nitrogens with zero attached hydrogens (tertiary/aromatic N) is 2. The number of thioether (sulfide) groups is 1. The van der Waals surface area contributed by atoms with Crippen LogP contribution in [0.1, 0.15) is 6.42 Å². The van der Waals surface area contributed by atoms with Crippen LogP contribution in [0.3, 0.4) is 0 Å². The van der Waals surface area contributed by atoms with E-state index in [4.69, 9.17) is 0 Å². The smallest absolute Gasteiger partial charge is 0.246 e. The number of carbonyl (C=O) groups excluding carboxylic acids is 2. The third-order valence-electron chi connectivity index (χ3n) is 4.17. The molecular formula is C16H20FN3O2S. The minimum Gasteiger partial charge on any atom is -0.368 e. The lowest BCUT2D eigenvalue weighted by Crippen LogP contribution is -2.55. The molecule has 0 spiro atoms. The summed E-state index contributed by atoms with van der Waals surface area (Å²) in [6, 6.07) is 6.01. The summed E-state index contributed by atoms with van der Waals surface area (Å²) in [5.74, 6) is 1.13. The summed E-state index contributed by atoms with van der Waals surface area (Å²) in [7, 11) is 0. The molecule has 0 aliphatic carbocycles. The second kappa shape index (κ2) is 7.21. The molecule has 3 rings (SSSR count). The lowest BCUT2D eigenvalue weighted by atomic mass is 10.2. The van der Waals surface area contributed by atoms with Gasteiger partial charge in [0, 0.05) is 49.8 Å². The molecule has 0 radical (unpaired) electrons. The Morgan fingerprint density at radius 3 is 2.57 bits per heavy atom. The first-order chi connectivity index (χ1) is 11.1. The van der Waals surface area contributed by atoms with E-state index in [9.17, 15) is 14.0 Å². The highest BCUT2D eigenvalue weighted by atomic mass is 32.2. The normalized spacial score (nSPS) is 22.5. The predicted octanol–water partition coefficient (Wildman–Crippen LogP) is 1.10. The summed E-state index contributed by atoms with van der Waals surface area (Å²) >= 11 is 1.64. The maximum Gasteiger partial charge on any atom is 0.246 e. The molecule has 2 fully saturated rings. The molecule has 124 valence electrons. The van der Waals surface area contributed by atoms with Crippen LogP contribution in [-0.4, -0.2) is 60.4 Å². The quantitative estimate of drug-likeness (QED) is 0.878. The Morgan fingerprint density at radius 1 is 1.17 bits per heavy atom. The van der Waals surface area contributed by atoms with Gasteiger partial charge in [0.2, 0.25) is 11.8 Å². The molecule has 2 saturated heterocycles. The van der Waals surface area contributed by atoms with E-state index in [2.05, 4.69) is 10.2 Å². The van der Waals surface area contributed by atoms with Gasteiger partial charge in [-0.2, -0.15) is 11.8 Å². The molecule has 0 unspecified atom stereocenters. The fourth-order valence-corrected chi connectivity index (χ4v) is 3.82. The Kier molecular flexibility index (Phi) is 5.05. The molecule has 1 aromatic carbocycles. The van der Waals surface area contributed by atoms with E-state index in [1.54, 1.807) is 23.9 Å². The van der Waals surface area contributed by atoms with Crippen molar-refractivity contribution in [2.24, 2.45) is 0 Å². The van der Waals surface area contributed by atoms with E-state index >= 15 is 0 Å². The number of rotatable bonds is 2. The first kappa shape index (κ1) is 16.1. The predicted molar refractivity (Wildman–Crippen MR) is 89.1 cm³/mol. The molecule has 0 saturated carbocycles. The highest BCUT2D eigenvalue weighted by Crippen LogP contribution is 2.18. The number of anilines is 1. The van der Waals surface area contributed by atoms with Gasteiger partial charge in [0.25, 0.3) is 0 Å². The molecular weight excluding hydrogens is 317 g/mol. The number of piperazine rings is 1. The highest BCUT2D eigenvalue weighted by Gasteiger charge is 2.29. The van der Waals surface area contributed by atoms with Gasteiger partial charge in [0.1, 0.15) is 11.9 Å². The van der Waals surface area contributed by atoms with Crippen LogP contribution in [0.5, 0.6) is 0 Å². The summed E-state index contributed by atoms with van der Waals surface area (Å²) in [6.07, 6.45) is 0.479. The molecule has 2 aliphatic rings. The van der Waals surface area contributed by atoms with Crippen molar-refractivity contribution in [2.75, 3.05) is 42.6 Å². The molecule has 1 aromatic rings. The van der Waals surface area contributed by atoms with Crippen LogP contribution in [0.4, 0.5) is 10.1 Å². The van der Waals surface area contributed by atoms with Gasteiger partial charge in [0.05, 0.1) is 0 Å². The fourth-order valence-electron chi connectivity index (χ4n) is 2.86. The maximum atomic E-state index is 13.0. The minimum atomic E-state index is -0.410. The Hall–Kier alpha value is -1.76. The summed E-state index contributed by atoms with van der Waals surface area (Å²) < 4.78 is 13.0. The van der Waals surface area contributed by atoms with Crippen molar-refractivity contribution in [1.82, 2.24) is 10.2 Å². The number of halogens is 1. The molecule has 23 heavy (non-hydrogen) atoms. The SMILES string of the molecule is O=C1CCSC[C@@H](C(=O)N2CCN(c3ccc(F)cc3)CC2)N1. The number of carbonyl (C=O) groups is 2. The van der Waals surface area contributed by atoms with Gasteiger partial charge in [-0.15, -0.1) is 0 Å². The molecule has 0 bridgehead atoms. The Morgan fingerprint density at radius 2 is 1.87 bits per heavy atom. The number of nitrogens with one attached hydrogen (secondary N) is 1. The van der Waals surface area contributed by atoms with Crippen LogP contribution in [-0.2, 0) is 9.59 Å². The largest absolute Gasteiger partial charge is 0.368 e. The second-order valence-corrected chi connectivity index (χ2v) is 6.88. The van der Waals surface area contributed by atoms with Crippen LogP contribution in [0.2, 0.25) is 0 Å². The highest BCUT2D eigenvalue weighted by molar-refractivity contribution is 7.99. The van der Waals surface area contributed by atoms with Crippen molar-refractivity contribution >= 4 is 29.3 Å². The van der Waals surface area contributed by atoms with Crippen molar-refractivity contribution in [1.29, 1.82) is 0 Å². The van der Waals surface area contributed by atoms with Crippen LogP contribution in [0.25, 0.3) is 0 Å². The first-order valence-corrected chi connectivity index (χ1v) is 8.95. The van der Waals surface area contributed by atoms with E-state index in [0.717, 1.165) is 11.4 Å². The summed E-state index contributed by atoms with van der Waals surface area (Å²) in [4.78, 5) is 28.1. The number of hydrogen-bond donors (Lipinski definition) is 1. The van der Waals surface area contributed by atoms with Gasteiger partial charge in [0.15, 0.2) is 0 Å². The second-order valence-electron chi connectivity index (χ2n) is 5.73. The average Bonchev–Trinajstić information content (AvgIpc) is 2.80. The zero-order valence-electron chi connectivity index (χ0n) is 12.8. The number of benzene rings is 1. The minimum absolute atomic E-state index is 0.00602. The number of amides is 2. The molecule has 2 aliphatic heterocycles. The average molecular weight is 337 g/mol. The van der Waals surface area contributed by atoms with Crippen molar-refractivity contribution in [3.05, 3.63) is 30.1 Å². The van der Waals surface area contributed by atoms with Crippen molar-refractivity contribution in [2.45, 2.75) is 12.5 Å². The lowest BCUT2D eigenvalue weighted by molar-refractivity contribution is -0.135. The van der Waals surface area contributed by atoms with Crippen molar-refractivity contribution in [3.8, 4) is 0 Å². The van der Waals surface area contributed by atoms with Crippen LogP contribution in [0.15, 0.2) is 24.3 Å². The van der Waals surface area contributed by atoms with E-state index in [-0.39, 0.29) is 17.6 Å². The van der Waals surface area contributed by atoms with E-state index < -0.39 is 6.04 Å². The maximum absolute atomic E-state index is 13.0. The fraction of sp³-hybridized carbons (Fsp3) is 0.500. The zero-order chi connectivity index (χ0) is 16.2. The third-order valence-corrected chi connectivity index (χ3v) is 5.24. The number of hydrogen-bond acceptors (Lipinski definition) is 4. The summed E-state index contributed by atoms with van der Waals surface area (Å²) in [5.41, 5.74) is 0.969. The van der Waals surface area contributed by atoms with E-state index in [1.165, 1.54) is 12.1 Å². The molecule has 2 heterocycles. The first-order valence-electron chi connectivity index (χ1n) is 7.80. The molecule has 2 amide bonds. The van der Waals surface area contributed by atoms with Gasteiger partial charge in [-0.25, -0.2) is 4.39 Å². The Bertz CT molecular complexity index is 573. The third kappa shape index (κ3) is 3.96. The zero-order valence-corrected chi connectivity index (χ0v) is 13.7.